The summed E-state index contributed by atoms with van der Waals surface area (Å²) in [6, 6.07) is 14.4. The predicted octanol–water partition coefficient (Wildman–Crippen LogP) is 5.18. The maximum Gasteiger partial charge on any atom is 0.290 e. The average molecular weight is 533 g/mol. The smallest absolute Gasteiger partial charge is 0.290 e. The molecule has 0 bridgehead atoms. The summed E-state index contributed by atoms with van der Waals surface area (Å²) in [5, 5.41) is 11.1. The van der Waals surface area contributed by atoms with E-state index in [2.05, 4.69) is 23.7 Å². The van der Waals surface area contributed by atoms with Gasteiger partial charge in [0.25, 0.3) is 5.91 Å². The van der Waals surface area contributed by atoms with Crippen LogP contribution >= 0.6 is 11.3 Å². The number of ketones is 1. The van der Waals surface area contributed by atoms with Gasteiger partial charge in [0.15, 0.2) is 10.7 Å². The Morgan fingerprint density at radius 3 is 2.66 bits per heavy atom. The summed E-state index contributed by atoms with van der Waals surface area (Å²) in [4.78, 5) is 37.3. The first-order valence-electron chi connectivity index (χ1n) is 12.9. The molecule has 4 aromatic rings. The van der Waals surface area contributed by atoms with E-state index >= 15 is 0 Å². The van der Waals surface area contributed by atoms with Crippen LogP contribution in [0.1, 0.15) is 47.2 Å². The quantitative estimate of drug-likeness (QED) is 0.283. The number of Topliss-reactive ketones (excluding diaryl/α,β-unsaturated/α-hetero) is 1. The van der Waals surface area contributed by atoms with Crippen LogP contribution in [0.3, 0.4) is 0 Å². The number of para-hydroxylation sites is 2. The Bertz CT molecular complexity index is 1550. The zero-order valence-electron chi connectivity index (χ0n) is 22.1. The Labute approximate surface area is 225 Å². The van der Waals surface area contributed by atoms with Crippen molar-refractivity contribution in [3.8, 4) is 5.75 Å². The Balaban J connectivity index is 1.56. The largest absolute Gasteiger partial charge is 0.503 e. The number of carbonyl (C=O) groups is 2. The molecule has 2 aromatic carbocycles. The number of imidazole rings is 1. The van der Waals surface area contributed by atoms with Crippen molar-refractivity contribution in [3.63, 3.8) is 0 Å². The molecule has 0 saturated heterocycles. The molecule has 1 unspecified atom stereocenters. The highest BCUT2D eigenvalue weighted by Crippen LogP contribution is 2.41. The zero-order valence-corrected chi connectivity index (χ0v) is 22.9. The molecule has 1 N–H and O–H groups in total. The van der Waals surface area contributed by atoms with Gasteiger partial charge >= 0.3 is 0 Å². The monoisotopic (exact) mass is 532 g/mol. The van der Waals surface area contributed by atoms with Crippen LogP contribution in [0.4, 0.5) is 0 Å². The number of hydrogen-bond donors (Lipinski definition) is 1. The lowest BCUT2D eigenvalue weighted by Crippen LogP contribution is -2.34. The number of methoxy groups -OCH3 is 1. The topological polar surface area (TPSA) is 87.4 Å². The molecule has 0 aliphatic carbocycles. The van der Waals surface area contributed by atoms with E-state index in [1.54, 1.807) is 12.0 Å². The molecule has 1 atom stereocenters. The van der Waals surface area contributed by atoms with E-state index in [0.29, 0.717) is 22.1 Å². The number of fused-ring (bicyclic) bond motifs is 3. The lowest BCUT2D eigenvalue weighted by atomic mass is 9.94. The Kier molecular flexibility index (Phi) is 7.23. The number of aryl methyl sites for hydroxylation is 1. The van der Waals surface area contributed by atoms with Crippen LogP contribution < -0.4 is 4.74 Å². The lowest BCUT2D eigenvalue weighted by molar-refractivity contribution is -0.129. The lowest BCUT2D eigenvalue weighted by Gasteiger charge is -2.28. The van der Waals surface area contributed by atoms with E-state index in [1.165, 1.54) is 11.3 Å². The fourth-order valence-corrected chi connectivity index (χ4v) is 6.37. The SMILES string of the molecule is CCN(CC)CCCN1C(=O)C(O)=C(C(=O)c2sc3nc4ccccc4n3c2C)C1c1cccc(OC)c1. The Morgan fingerprint density at radius 1 is 1.16 bits per heavy atom. The predicted molar refractivity (Wildman–Crippen MR) is 149 cm³/mol. The van der Waals surface area contributed by atoms with Crippen molar-refractivity contribution >= 4 is 39.0 Å². The van der Waals surface area contributed by atoms with E-state index < -0.39 is 17.7 Å². The number of carbonyl (C=O) groups excluding carboxylic acids is 2. The number of thiazole rings is 1. The second-order valence-corrected chi connectivity index (χ2v) is 10.4. The first kappa shape index (κ1) is 25.9. The molecule has 8 nitrogen and oxygen atoms in total. The summed E-state index contributed by atoms with van der Waals surface area (Å²) in [6.45, 7) is 9.17. The van der Waals surface area contributed by atoms with Gasteiger partial charge in [0.1, 0.15) is 5.75 Å². The molecule has 1 aliphatic rings. The molecule has 0 fully saturated rings. The number of benzene rings is 2. The number of rotatable bonds is 10. The van der Waals surface area contributed by atoms with E-state index in [9.17, 15) is 14.7 Å². The molecule has 2 aromatic heterocycles. The van der Waals surface area contributed by atoms with E-state index in [-0.39, 0.29) is 11.4 Å². The average Bonchev–Trinajstić information content (AvgIpc) is 3.55. The zero-order chi connectivity index (χ0) is 27.0. The molecule has 198 valence electrons. The number of aromatic nitrogens is 2. The van der Waals surface area contributed by atoms with Gasteiger partial charge in [-0.1, -0.05) is 49.4 Å². The first-order valence-corrected chi connectivity index (χ1v) is 13.7. The summed E-state index contributed by atoms with van der Waals surface area (Å²) in [5.74, 6) is -0.744. The van der Waals surface area contributed by atoms with E-state index in [0.717, 1.165) is 48.3 Å². The Morgan fingerprint density at radius 2 is 1.92 bits per heavy atom. The molecule has 3 heterocycles. The second-order valence-electron chi connectivity index (χ2n) is 9.38. The van der Waals surface area contributed by atoms with Crippen molar-refractivity contribution in [2.45, 2.75) is 33.2 Å². The molecule has 1 amide bonds. The standard InChI is InChI=1S/C29H32N4O4S/c1-5-31(6-2)15-10-16-32-24(19-11-9-12-20(17-19)37-4)23(26(35)28(32)36)25(34)27-18(3)33-22-14-8-7-13-21(22)30-29(33)38-27/h7-9,11-14,17,24,35H,5-6,10,15-16H2,1-4H3. The van der Waals surface area contributed by atoms with Gasteiger partial charge in [-0.2, -0.15) is 0 Å². The second kappa shape index (κ2) is 10.6. The summed E-state index contributed by atoms with van der Waals surface area (Å²) in [6.07, 6.45) is 0.723. The minimum absolute atomic E-state index is 0.100. The van der Waals surface area contributed by atoms with Crippen molar-refractivity contribution < 1.29 is 19.4 Å². The van der Waals surface area contributed by atoms with Gasteiger partial charge < -0.3 is 19.6 Å². The molecule has 9 heteroatoms. The number of hydrogen-bond acceptors (Lipinski definition) is 7. The maximum absolute atomic E-state index is 14.1. The molecule has 0 radical (unpaired) electrons. The summed E-state index contributed by atoms with van der Waals surface area (Å²) >= 11 is 1.28. The van der Waals surface area contributed by atoms with Gasteiger partial charge in [-0.15, -0.1) is 0 Å². The van der Waals surface area contributed by atoms with Crippen molar-refractivity contribution in [2.24, 2.45) is 0 Å². The molecule has 38 heavy (non-hydrogen) atoms. The molecule has 5 rings (SSSR count). The number of ether oxygens (including phenoxy) is 1. The fourth-order valence-electron chi connectivity index (χ4n) is 5.28. The fraction of sp³-hybridized carbons (Fsp3) is 0.345. The van der Waals surface area contributed by atoms with Gasteiger partial charge in [-0.05, 0) is 62.8 Å². The van der Waals surface area contributed by atoms with Crippen molar-refractivity contribution in [3.05, 3.63) is 76.0 Å². The van der Waals surface area contributed by atoms with Gasteiger partial charge in [0, 0.05) is 12.2 Å². The van der Waals surface area contributed by atoms with Gasteiger partial charge in [-0.3, -0.25) is 14.0 Å². The number of amides is 1. The van der Waals surface area contributed by atoms with Crippen molar-refractivity contribution in [1.82, 2.24) is 19.2 Å². The van der Waals surface area contributed by atoms with Crippen LogP contribution in [0.5, 0.6) is 5.75 Å². The van der Waals surface area contributed by atoms with Crippen LogP contribution in [0.25, 0.3) is 16.0 Å². The number of nitrogens with zero attached hydrogens (tertiary/aromatic N) is 4. The minimum Gasteiger partial charge on any atom is -0.503 e. The Hall–Kier alpha value is -3.69. The first-order chi connectivity index (χ1) is 18.4. The maximum atomic E-state index is 14.1. The normalized spacial score (nSPS) is 16.0. The van der Waals surface area contributed by atoms with Crippen LogP contribution in [0.15, 0.2) is 59.9 Å². The third kappa shape index (κ3) is 4.35. The summed E-state index contributed by atoms with van der Waals surface area (Å²) < 4.78 is 7.39. The summed E-state index contributed by atoms with van der Waals surface area (Å²) in [7, 11) is 1.58. The number of aliphatic hydroxyl groups excluding tert-OH is 1. The number of aliphatic hydroxyl groups is 1. The van der Waals surface area contributed by atoms with Crippen LogP contribution in [0.2, 0.25) is 0 Å². The van der Waals surface area contributed by atoms with E-state index in [1.807, 2.05) is 59.9 Å². The third-order valence-corrected chi connectivity index (χ3v) is 8.46. The highest BCUT2D eigenvalue weighted by atomic mass is 32.1. The van der Waals surface area contributed by atoms with Gasteiger partial charge in [0.05, 0.1) is 34.6 Å². The van der Waals surface area contributed by atoms with Crippen LogP contribution in [-0.2, 0) is 4.79 Å². The summed E-state index contributed by atoms with van der Waals surface area (Å²) in [5.41, 5.74) is 3.33. The molecule has 0 spiro atoms. The molecular weight excluding hydrogens is 500 g/mol. The van der Waals surface area contributed by atoms with Crippen LogP contribution in [-0.4, -0.2) is 69.3 Å². The van der Waals surface area contributed by atoms with Gasteiger partial charge in [-0.25, -0.2) is 4.98 Å². The molecular formula is C29H32N4O4S. The van der Waals surface area contributed by atoms with Crippen LogP contribution in [0, 0.1) is 6.92 Å². The van der Waals surface area contributed by atoms with E-state index in [4.69, 9.17) is 4.74 Å². The minimum atomic E-state index is -0.715. The van der Waals surface area contributed by atoms with Crippen molar-refractivity contribution in [1.29, 1.82) is 0 Å². The molecule has 0 saturated carbocycles. The third-order valence-electron chi connectivity index (χ3n) is 7.32. The molecule has 1 aliphatic heterocycles. The highest BCUT2D eigenvalue weighted by Gasteiger charge is 2.44. The van der Waals surface area contributed by atoms with Gasteiger partial charge in [0.2, 0.25) is 5.78 Å². The highest BCUT2D eigenvalue weighted by molar-refractivity contribution is 7.19. The van der Waals surface area contributed by atoms with Crippen molar-refractivity contribution in [2.75, 3.05) is 33.3 Å².